The van der Waals surface area contributed by atoms with Crippen LogP contribution in [0.1, 0.15) is 37.8 Å². The lowest BCUT2D eigenvalue weighted by Crippen LogP contribution is -2.44. The average Bonchev–Trinajstić information content (AvgIpc) is 2.38. The molecule has 0 atom stereocenters. The first-order chi connectivity index (χ1) is 9.47. The average molecular weight is 281 g/mol. The first kappa shape index (κ1) is 14.4. The van der Waals surface area contributed by atoms with Crippen LogP contribution in [0.2, 0.25) is 0 Å². The molecule has 0 unspecified atom stereocenters. The Labute approximate surface area is 116 Å². The van der Waals surface area contributed by atoms with Crippen LogP contribution in [0.25, 0.3) is 0 Å². The van der Waals surface area contributed by atoms with Crippen LogP contribution in [0, 0.1) is 17.0 Å². The van der Waals surface area contributed by atoms with Gasteiger partial charge < -0.3 is 16.2 Å². The molecule has 1 aliphatic rings. The Morgan fingerprint density at radius 3 is 2.60 bits per heavy atom. The van der Waals surface area contributed by atoms with Gasteiger partial charge in [-0.05, 0) is 19.8 Å². The summed E-state index contributed by atoms with van der Waals surface area (Å²) in [5.41, 5.74) is 5.05. The van der Waals surface area contributed by atoms with E-state index < -0.39 is 10.5 Å². The second-order valence-electron chi connectivity index (χ2n) is 5.25. The third-order valence-electron chi connectivity index (χ3n) is 3.76. The zero-order valence-corrected chi connectivity index (χ0v) is 11.4. The number of rotatable bonds is 4. The molecule has 8 heteroatoms. The molecule has 0 aromatic carbocycles. The third-order valence-corrected chi connectivity index (χ3v) is 3.76. The van der Waals surface area contributed by atoms with Crippen molar-refractivity contribution in [2.45, 2.75) is 44.6 Å². The molecule has 0 radical (unpaired) electrons. The number of nitro groups is 1. The molecule has 8 nitrogen and oxygen atoms in total. The summed E-state index contributed by atoms with van der Waals surface area (Å²) in [5, 5.41) is 23.9. The van der Waals surface area contributed by atoms with Gasteiger partial charge >= 0.3 is 5.69 Å². The van der Waals surface area contributed by atoms with Gasteiger partial charge in [0.05, 0.1) is 17.1 Å². The molecule has 1 fully saturated rings. The fourth-order valence-corrected chi connectivity index (χ4v) is 2.70. The van der Waals surface area contributed by atoms with E-state index >= 15 is 0 Å². The Morgan fingerprint density at radius 1 is 1.40 bits per heavy atom. The van der Waals surface area contributed by atoms with Crippen molar-refractivity contribution in [1.82, 2.24) is 9.97 Å². The van der Waals surface area contributed by atoms with Gasteiger partial charge in [0, 0.05) is 0 Å². The summed E-state index contributed by atoms with van der Waals surface area (Å²) in [6.07, 6.45) is 4.56. The molecule has 2 rings (SSSR count). The number of nitrogens with one attached hydrogen (secondary N) is 1. The fourth-order valence-electron chi connectivity index (χ4n) is 2.70. The molecule has 1 heterocycles. The number of aromatic nitrogens is 2. The predicted molar refractivity (Wildman–Crippen MR) is 74.4 cm³/mol. The number of anilines is 2. The minimum absolute atomic E-state index is 0.0144. The SMILES string of the molecule is Cc1nc(N)nc(NC2(CO)CCCCC2)c1[N+](=O)[O-]. The highest BCUT2D eigenvalue weighted by Gasteiger charge is 2.34. The first-order valence-corrected chi connectivity index (χ1v) is 6.65. The number of nitrogen functional groups attached to an aromatic ring is 1. The Kier molecular flexibility index (Phi) is 4.03. The molecule has 1 aliphatic carbocycles. The second kappa shape index (κ2) is 5.58. The number of nitrogens with zero attached hydrogens (tertiary/aromatic N) is 3. The lowest BCUT2D eigenvalue weighted by atomic mass is 9.82. The van der Waals surface area contributed by atoms with Crippen molar-refractivity contribution in [1.29, 1.82) is 0 Å². The first-order valence-electron chi connectivity index (χ1n) is 6.65. The molecule has 0 aliphatic heterocycles. The van der Waals surface area contributed by atoms with E-state index in [0.29, 0.717) is 0 Å². The summed E-state index contributed by atoms with van der Waals surface area (Å²) in [5.74, 6) is 0.0791. The van der Waals surface area contributed by atoms with Crippen molar-refractivity contribution in [2.24, 2.45) is 0 Å². The van der Waals surface area contributed by atoms with E-state index in [2.05, 4.69) is 15.3 Å². The van der Waals surface area contributed by atoms with Crippen LogP contribution in [0.3, 0.4) is 0 Å². The zero-order chi connectivity index (χ0) is 14.8. The van der Waals surface area contributed by atoms with E-state index in [4.69, 9.17) is 5.73 Å². The van der Waals surface area contributed by atoms with E-state index in [1.165, 1.54) is 6.92 Å². The fraction of sp³-hybridized carbons (Fsp3) is 0.667. The van der Waals surface area contributed by atoms with Crippen molar-refractivity contribution in [3.8, 4) is 0 Å². The maximum atomic E-state index is 11.2. The van der Waals surface area contributed by atoms with Crippen LogP contribution in [0.5, 0.6) is 0 Å². The smallest absolute Gasteiger partial charge is 0.332 e. The van der Waals surface area contributed by atoms with Gasteiger partial charge in [-0.25, -0.2) is 4.98 Å². The highest BCUT2D eigenvalue weighted by atomic mass is 16.6. The Morgan fingerprint density at radius 2 is 2.05 bits per heavy atom. The summed E-state index contributed by atoms with van der Waals surface area (Å²) in [7, 11) is 0. The highest BCUT2D eigenvalue weighted by Crippen LogP contribution is 2.34. The highest BCUT2D eigenvalue weighted by molar-refractivity contribution is 5.61. The number of aliphatic hydroxyl groups is 1. The predicted octanol–water partition coefficient (Wildman–Crippen LogP) is 1.38. The van der Waals surface area contributed by atoms with Gasteiger partial charge in [-0.2, -0.15) is 4.98 Å². The maximum Gasteiger partial charge on any atom is 0.332 e. The van der Waals surface area contributed by atoms with Crippen LogP contribution in [-0.4, -0.2) is 32.1 Å². The van der Waals surface area contributed by atoms with Crippen LogP contribution >= 0.6 is 0 Å². The van der Waals surface area contributed by atoms with Crippen molar-refractivity contribution in [3.63, 3.8) is 0 Å². The molecule has 20 heavy (non-hydrogen) atoms. The Balaban J connectivity index is 2.38. The van der Waals surface area contributed by atoms with Crippen LogP contribution in [-0.2, 0) is 0 Å². The molecule has 1 aromatic rings. The molecule has 0 amide bonds. The lowest BCUT2D eigenvalue weighted by Gasteiger charge is -2.36. The minimum atomic E-state index is -0.559. The van der Waals surface area contributed by atoms with Gasteiger partial charge in [-0.3, -0.25) is 10.1 Å². The van der Waals surface area contributed by atoms with Crippen LogP contribution < -0.4 is 11.1 Å². The molecule has 4 N–H and O–H groups in total. The summed E-state index contributed by atoms with van der Waals surface area (Å²) in [4.78, 5) is 18.4. The summed E-state index contributed by atoms with van der Waals surface area (Å²) >= 11 is 0. The molecule has 0 bridgehead atoms. The normalized spacial score (nSPS) is 17.7. The Hall–Kier alpha value is -1.96. The zero-order valence-electron chi connectivity index (χ0n) is 11.4. The van der Waals surface area contributed by atoms with Gasteiger partial charge in [0.1, 0.15) is 5.69 Å². The van der Waals surface area contributed by atoms with Crippen molar-refractivity contribution >= 4 is 17.5 Å². The van der Waals surface area contributed by atoms with Gasteiger partial charge in [0.2, 0.25) is 11.8 Å². The number of nitrogens with two attached hydrogens (primary N) is 1. The van der Waals surface area contributed by atoms with Crippen molar-refractivity contribution in [2.75, 3.05) is 17.7 Å². The molecular formula is C12H19N5O3. The molecule has 1 aromatic heterocycles. The minimum Gasteiger partial charge on any atom is -0.394 e. The molecule has 110 valence electrons. The molecule has 0 spiro atoms. The van der Waals surface area contributed by atoms with E-state index in [-0.39, 0.29) is 29.8 Å². The van der Waals surface area contributed by atoms with Gasteiger partial charge in [-0.1, -0.05) is 19.3 Å². The van der Waals surface area contributed by atoms with E-state index in [0.717, 1.165) is 32.1 Å². The number of hydrogen-bond acceptors (Lipinski definition) is 7. The summed E-state index contributed by atoms with van der Waals surface area (Å²) < 4.78 is 0. The number of aliphatic hydroxyl groups excluding tert-OH is 1. The van der Waals surface area contributed by atoms with Crippen molar-refractivity contribution in [3.05, 3.63) is 15.8 Å². The summed E-state index contributed by atoms with van der Waals surface area (Å²) in [6, 6.07) is 0. The van der Waals surface area contributed by atoms with Crippen LogP contribution in [0.4, 0.5) is 17.5 Å². The van der Waals surface area contributed by atoms with Crippen molar-refractivity contribution < 1.29 is 10.0 Å². The summed E-state index contributed by atoms with van der Waals surface area (Å²) in [6.45, 7) is 1.43. The molecular weight excluding hydrogens is 262 g/mol. The van der Waals surface area contributed by atoms with Crippen LogP contribution in [0.15, 0.2) is 0 Å². The Bertz CT molecular complexity index is 514. The molecule has 0 saturated heterocycles. The van der Waals surface area contributed by atoms with Gasteiger partial charge in [0.15, 0.2) is 0 Å². The third kappa shape index (κ3) is 2.79. The van der Waals surface area contributed by atoms with Gasteiger partial charge in [-0.15, -0.1) is 0 Å². The van der Waals surface area contributed by atoms with Gasteiger partial charge in [0.25, 0.3) is 0 Å². The quantitative estimate of drug-likeness (QED) is 0.562. The van der Waals surface area contributed by atoms with E-state index in [1.807, 2.05) is 0 Å². The van der Waals surface area contributed by atoms with E-state index in [9.17, 15) is 15.2 Å². The maximum absolute atomic E-state index is 11.2. The monoisotopic (exact) mass is 281 g/mol. The standard InChI is InChI=1S/C12H19N5O3/c1-8-9(17(19)20)10(15-11(13)14-8)16-12(7-18)5-3-2-4-6-12/h18H,2-7H2,1H3,(H3,13,14,15,16). The largest absolute Gasteiger partial charge is 0.394 e. The van der Waals surface area contributed by atoms with E-state index in [1.54, 1.807) is 0 Å². The second-order valence-corrected chi connectivity index (χ2v) is 5.25. The lowest BCUT2D eigenvalue weighted by molar-refractivity contribution is -0.385. The topological polar surface area (TPSA) is 127 Å². The number of hydrogen-bond donors (Lipinski definition) is 3. The number of aryl methyl sites for hydroxylation is 1. The molecule has 1 saturated carbocycles.